The Morgan fingerprint density at radius 1 is 1.00 bits per heavy atom. The number of carboxylic acids is 1. The van der Waals surface area contributed by atoms with Gasteiger partial charge in [0.1, 0.15) is 28.6 Å². The number of halogens is 2. The molecule has 1 aromatic heterocycles. The van der Waals surface area contributed by atoms with Gasteiger partial charge in [-0.05, 0) is 30.3 Å². The number of aromatic nitrogens is 2. The molecular formula is C22H14F2N2O4. The lowest BCUT2D eigenvalue weighted by atomic mass is 10.1. The van der Waals surface area contributed by atoms with Crippen LogP contribution in [0.5, 0.6) is 5.75 Å². The van der Waals surface area contributed by atoms with Gasteiger partial charge in [0.05, 0.1) is 18.2 Å². The topological polar surface area (TPSA) is 81.4 Å². The number of ether oxygens (including phenoxy) is 1. The first kappa shape index (κ1) is 19.3. The van der Waals surface area contributed by atoms with Crippen LogP contribution in [0.1, 0.15) is 20.7 Å². The van der Waals surface area contributed by atoms with Crippen molar-refractivity contribution in [2.75, 3.05) is 7.11 Å². The van der Waals surface area contributed by atoms with Crippen LogP contribution in [-0.4, -0.2) is 33.9 Å². The van der Waals surface area contributed by atoms with Crippen molar-refractivity contribution in [2.24, 2.45) is 0 Å². The summed E-state index contributed by atoms with van der Waals surface area (Å²) in [6.07, 6.45) is 0. The van der Waals surface area contributed by atoms with Gasteiger partial charge in [0.25, 0.3) is 5.91 Å². The highest BCUT2D eigenvalue weighted by Gasteiger charge is 2.24. The molecule has 1 N–H and O–H groups in total. The van der Waals surface area contributed by atoms with E-state index < -0.39 is 29.1 Å². The SMILES string of the molecule is COc1cccc(F)c1C(=O)n1nc(-c2ccc(C(=O)O)c(F)c2)c2ccccc21. The Morgan fingerprint density at radius 2 is 1.77 bits per heavy atom. The fraction of sp³-hybridized carbons (Fsp3) is 0.0455. The standard InChI is InChI=1S/C22H14F2N2O4/c1-30-18-8-4-6-15(23)19(18)21(27)26-17-7-3-2-5-14(17)20(25-26)12-9-10-13(22(28)29)16(24)11-12/h2-11H,1H3,(H,28,29). The van der Waals surface area contributed by atoms with Crippen molar-refractivity contribution in [3.63, 3.8) is 0 Å². The molecule has 0 aliphatic carbocycles. The maximum absolute atomic E-state index is 14.4. The second kappa shape index (κ2) is 7.40. The molecule has 1 heterocycles. The number of aromatic carboxylic acids is 1. The van der Waals surface area contributed by atoms with E-state index in [2.05, 4.69) is 5.10 Å². The minimum absolute atomic E-state index is 0.0537. The van der Waals surface area contributed by atoms with E-state index in [0.717, 1.165) is 22.9 Å². The van der Waals surface area contributed by atoms with Gasteiger partial charge in [-0.2, -0.15) is 9.78 Å². The minimum atomic E-state index is -1.39. The van der Waals surface area contributed by atoms with Crippen molar-refractivity contribution in [1.82, 2.24) is 9.78 Å². The van der Waals surface area contributed by atoms with E-state index in [1.54, 1.807) is 24.3 Å². The summed E-state index contributed by atoms with van der Waals surface area (Å²) in [5, 5.41) is 13.8. The molecule has 3 aromatic carbocycles. The van der Waals surface area contributed by atoms with Crippen LogP contribution in [0.3, 0.4) is 0 Å². The molecule has 0 radical (unpaired) electrons. The maximum atomic E-state index is 14.4. The molecular weight excluding hydrogens is 394 g/mol. The summed E-state index contributed by atoms with van der Waals surface area (Å²) >= 11 is 0. The van der Waals surface area contributed by atoms with E-state index in [-0.39, 0.29) is 22.6 Å². The summed E-state index contributed by atoms with van der Waals surface area (Å²) in [4.78, 5) is 24.2. The molecule has 0 amide bonds. The Morgan fingerprint density at radius 3 is 2.47 bits per heavy atom. The smallest absolute Gasteiger partial charge is 0.338 e. The lowest BCUT2D eigenvalue weighted by Crippen LogP contribution is -2.16. The molecule has 6 nitrogen and oxygen atoms in total. The molecule has 30 heavy (non-hydrogen) atoms. The van der Waals surface area contributed by atoms with Gasteiger partial charge < -0.3 is 9.84 Å². The normalized spacial score (nSPS) is 10.9. The summed E-state index contributed by atoms with van der Waals surface area (Å²) in [5.74, 6) is -3.79. The van der Waals surface area contributed by atoms with Gasteiger partial charge in [0.2, 0.25) is 0 Å². The second-order valence-corrected chi connectivity index (χ2v) is 6.40. The van der Waals surface area contributed by atoms with Crippen molar-refractivity contribution in [3.05, 3.63) is 83.4 Å². The molecule has 0 saturated carbocycles. The van der Waals surface area contributed by atoms with Crippen LogP contribution >= 0.6 is 0 Å². The molecule has 0 aliphatic heterocycles. The highest BCUT2D eigenvalue weighted by Crippen LogP contribution is 2.31. The number of hydrogen-bond acceptors (Lipinski definition) is 4. The van der Waals surface area contributed by atoms with Crippen molar-refractivity contribution in [1.29, 1.82) is 0 Å². The average molecular weight is 408 g/mol. The van der Waals surface area contributed by atoms with Crippen LogP contribution in [0.15, 0.2) is 60.7 Å². The van der Waals surface area contributed by atoms with Crippen LogP contribution < -0.4 is 4.74 Å². The zero-order chi connectivity index (χ0) is 21.4. The zero-order valence-corrected chi connectivity index (χ0v) is 15.6. The van der Waals surface area contributed by atoms with Gasteiger partial charge in [0, 0.05) is 10.9 Å². The Bertz CT molecular complexity index is 1310. The Balaban J connectivity index is 1.92. The summed E-state index contributed by atoms with van der Waals surface area (Å²) in [6.45, 7) is 0. The van der Waals surface area contributed by atoms with Crippen LogP contribution in [0.2, 0.25) is 0 Å². The molecule has 8 heteroatoms. The zero-order valence-electron chi connectivity index (χ0n) is 15.6. The molecule has 0 aliphatic rings. The highest BCUT2D eigenvalue weighted by molar-refractivity contribution is 6.06. The van der Waals surface area contributed by atoms with Gasteiger partial charge in [-0.15, -0.1) is 0 Å². The first-order valence-corrected chi connectivity index (χ1v) is 8.80. The van der Waals surface area contributed by atoms with E-state index in [1.165, 1.54) is 25.3 Å². The third-order valence-electron chi connectivity index (χ3n) is 4.66. The van der Waals surface area contributed by atoms with Gasteiger partial charge >= 0.3 is 5.97 Å². The monoisotopic (exact) mass is 408 g/mol. The molecule has 4 aromatic rings. The molecule has 150 valence electrons. The van der Waals surface area contributed by atoms with E-state index in [1.807, 2.05) is 0 Å². The lowest BCUT2D eigenvalue weighted by Gasteiger charge is -2.09. The number of rotatable bonds is 4. The maximum Gasteiger partial charge on any atom is 0.338 e. The van der Waals surface area contributed by atoms with E-state index in [0.29, 0.717) is 10.9 Å². The van der Waals surface area contributed by atoms with Gasteiger partial charge in [0.15, 0.2) is 0 Å². The average Bonchev–Trinajstić information content (AvgIpc) is 3.12. The Hall–Kier alpha value is -4.07. The summed E-state index contributed by atoms with van der Waals surface area (Å²) in [6, 6.07) is 14.3. The van der Waals surface area contributed by atoms with Crippen LogP contribution in [0, 0.1) is 11.6 Å². The van der Waals surface area contributed by atoms with Crippen molar-refractivity contribution >= 4 is 22.8 Å². The van der Waals surface area contributed by atoms with Gasteiger partial charge in [-0.25, -0.2) is 13.6 Å². The first-order chi connectivity index (χ1) is 14.4. The van der Waals surface area contributed by atoms with Gasteiger partial charge in [-0.3, -0.25) is 4.79 Å². The number of hydrogen-bond donors (Lipinski definition) is 1. The lowest BCUT2D eigenvalue weighted by molar-refractivity contribution is 0.0691. The number of nitrogens with zero attached hydrogens (tertiary/aromatic N) is 2. The Labute approximate surface area is 168 Å². The predicted molar refractivity (Wildman–Crippen MR) is 105 cm³/mol. The largest absolute Gasteiger partial charge is 0.496 e. The number of fused-ring (bicyclic) bond motifs is 1. The van der Waals surface area contributed by atoms with E-state index >= 15 is 0 Å². The number of carboxylic acid groups (broad SMARTS) is 1. The number of carbonyl (C=O) groups is 2. The quantitative estimate of drug-likeness (QED) is 0.542. The van der Waals surface area contributed by atoms with E-state index in [4.69, 9.17) is 9.84 Å². The summed E-state index contributed by atoms with van der Waals surface area (Å²) in [7, 11) is 1.32. The number of para-hydroxylation sites is 1. The highest BCUT2D eigenvalue weighted by atomic mass is 19.1. The molecule has 0 bridgehead atoms. The molecule has 4 rings (SSSR count). The summed E-state index contributed by atoms with van der Waals surface area (Å²) < 4.78 is 34.8. The molecule has 0 fully saturated rings. The number of carbonyl (C=O) groups excluding carboxylic acids is 1. The first-order valence-electron chi connectivity index (χ1n) is 8.80. The van der Waals surface area contributed by atoms with E-state index in [9.17, 15) is 18.4 Å². The van der Waals surface area contributed by atoms with Crippen LogP contribution in [0.4, 0.5) is 8.78 Å². The molecule has 0 unspecified atom stereocenters. The third kappa shape index (κ3) is 3.08. The molecule has 0 atom stereocenters. The number of benzene rings is 3. The second-order valence-electron chi connectivity index (χ2n) is 6.40. The molecule has 0 spiro atoms. The fourth-order valence-electron chi connectivity index (χ4n) is 3.26. The minimum Gasteiger partial charge on any atom is -0.496 e. The molecule has 0 saturated heterocycles. The van der Waals surface area contributed by atoms with Crippen molar-refractivity contribution in [3.8, 4) is 17.0 Å². The predicted octanol–water partition coefficient (Wildman–Crippen LogP) is 4.38. The number of methoxy groups -OCH3 is 1. The van der Waals surface area contributed by atoms with Crippen molar-refractivity contribution < 1.29 is 28.2 Å². The van der Waals surface area contributed by atoms with Crippen LogP contribution in [0.25, 0.3) is 22.2 Å². The van der Waals surface area contributed by atoms with Crippen molar-refractivity contribution in [2.45, 2.75) is 0 Å². The Kier molecular flexibility index (Phi) is 4.75. The third-order valence-corrected chi connectivity index (χ3v) is 4.66. The van der Waals surface area contributed by atoms with Gasteiger partial charge in [-0.1, -0.05) is 30.3 Å². The van der Waals surface area contributed by atoms with Crippen LogP contribution in [-0.2, 0) is 0 Å². The fourth-order valence-corrected chi connectivity index (χ4v) is 3.26. The summed E-state index contributed by atoms with van der Waals surface area (Å²) in [5.41, 5.74) is 0.151.